The molecule has 0 radical (unpaired) electrons. The minimum Gasteiger partial charge on any atom is -0.382 e. The largest absolute Gasteiger partial charge is 0.472 e. The van der Waals surface area contributed by atoms with E-state index in [0.29, 0.717) is 4.57 Å². The fourth-order valence-electron chi connectivity index (χ4n) is 4.73. The molecule has 0 aliphatic carbocycles. The van der Waals surface area contributed by atoms with Crippen LogP contribution in [0.25, 0.3) is 11.2 Å². The van der Waals surface area contributed by atoms with Crippen molar-refractivity contribution in [1.82, 2.24) is 29.1 Å². The monoisotopic (exact) mass is 655 g/mol. The lowest BCUT2D eigenvalue weighted by atomic mass is 10.1. The lowest BCUT2D eigenvalue weighted by Crippen LogP contribution is -2.36. The van der Waals surface area contributed by atoms with Crippen molar-refractivity contribution < 1.29 is 50.4 Å². The summed E-state index contributed by atoms with van der Waals surface area (Å²) in [6, 6.07) is 0.926. The molecule has 0 amide bonds. The van der Waals surface area contributed by atoms with Crippen molar-refractivity contribution in [3.8, 4) is 0 Å². The number of halogens is 2. The number of hydrogen-bond donors (Lipinski definition) is 4. The second-order valence-electron chi connectivity index (χ2n) is 9.29. The predicted octanol–water partition coefficient (Wildman–Crippen LogP) is 0.385. The van der Waals surface area contributed by atoms with Crippen molar-refractivity contribution in [3.05, 3.63) is 45.8 Å². The number of imidazole rings is 1. The van der Waals surface area contributed by atoms with E-state index >= 15 is 8.78 Å². The predicted molar refractivity (Wildman–Crippen MR) is 137 cm³/mol. The molecule has 6 rings (SSSR count). The quantitative estimate of drug-likeness (QED) is 0.216. The van der Waals surface area contributed by atoms with E-state index < -0.39 is 88.3 Å². The van der Waals surface area contributed by atoms with Gasteiger partial charge in [-0.15, -0.1) is 0 Å². The number of H-pyrrole nitrogens is 1. The summed E-state index contributed by atoms with van der Waals surface area (Å²) in [5, 5.41) is 0. The Labute approximate surface area is 237 Å². The SMILES string of the molecule is Nc1ncnc2c1ncn2[C@@H]1O[C@@H]2COP(=O)(S)O[C@H]3[C@@H](F)[C@H](n4ccc(=O)[nH]c4=O)O[C@@H]3COP(=O)(O)O[C@@H]1[C@@H]2F. The van der Waals surface area contributed by atoms with Gasteiger partial charge >= 0.3 is 20.3 Å². The molecule has 228 valence electrons. The number of nitrogens with two attached hydrogens (primary N) is 1. The molecule has 3 fully saturated rings. The van der Waals surface area contributed by atoms with E-state index in [9.17, 15) is 23.6 Å². The molecule has 0 aromatic carbocycles. The number of nitrogens with zero attached hydrogens (tertiary/aromatic N) is 5. The molecule has 6 heterocycles. The number of phosphoric ester groups is 1. The van der Waals surface area contributed by atoms with Crippen LogP contribution in [-0.4, -0.2) is 83.9 Å². The molecule has 3 aliphatic rings. The Balaban J connectivity index is 1.32. The van der Waals surface area contributed by atoms with Crippen molar-refractivity contribution in [2.24, 2.45) is 0 Å². The van der Waals surface area contributed by atoms with Crippen molar-refractivity contribution >= 4 is 43.9 Å². The second kappa shape index (κ2) is 10.8. The molecular weight excluding hydrogens is 634 g/mol. The van der Waals surface area contributed by atoms with Crippen LogP contribution >= 0.6 is 26.9 Å². The first-order valence-corrected chi connectivity index (χ1v) is 16.2. The van der Waals surface area contributed by atoms with Crippen LogP contribution in [0.3, 0.4) is 0 Å². The number of ether oxygens (including phenoxy) is 2. The molecule has 0 saturated carbocycles. The molecule has 42 heavy (non-hydrogen) atoms. The van der Waals surface area contributed by atoms with E-state index in [1.54, 1.807) is 0 Å². The van der Waals surface area contributed by atoms with E-state index in [0.717, 1.165) is 18.6 Å². The first kappa shape index (κ1) is 29.5. The number of phosphoric acid groups is 1. The van der Waals surface area contributed by atoms with E-state index in [1.807, 2.05) is 4.98 Å². The molecule has 4 N–H and O–H groups in total. The number of aromatic nitrogens is 6. The van der Waals surface area contributed by atoms with Crippen molar-refractivity contribution in [2.45, 2.75) is 49.2 Å². The highest BCUT2D eigenvalue weighted by Crippen LogP contribution is 2.58. The van der Waals surface area contributed by atoms with Crippen LogP contribution in [0.5, 0.6) is 0 Å². The van der Waals surface area contributed by atoms with Crippen molar-refractivity contribution in [2.75, 3.05) is 18.9 Å². The van der Waals surface area contributed by atoms with Gasteiger partial charge in [-0.3, -0.25) is 37.0 Å². The molecule has 23 heteroatoms. The molecule has 3 aromatic rings. The van der Waals surface area contributed by atoms with Crippen LogP contribution in [0.2, 0.25) is 0 Å². The van der Waals surface area contributed by atoms with Gasteiger partial charge in [0.15, 0.2) is 36.3 Å². The number of nitrogens with one attached hydrogen (secondary N) is 1. The van der Waals surface area contributed by atoms with Crippen LogP contribution in [0.1, 0.15) is 12.5 Å². The van der Waals surface area contributed by atoms with Gasteiger partial charge in [0.1, 0.15) is 36.3 Å². The van der Waals surface area contributed by atoms with Crippen molar-refractivity contribution in [3.63, 3.8) is 0 Å². The minimum atomic E-state index is -5.17. The normalized spacial score (nSPS) is 39.3. The summed E-state index contributed by atoms with van der Waals surface area (Å²) in [5.74, 6) is -0.00271. The fraction of sp³-hybridized carbons (Fsp3) is 0.526. The van der Waals surface area contributed by atoms with E-state index in [1.165, 1.54) is 10.9 Å². The van der Waals surface area contributed by atoms with Gasteiger partial charge in [-0.1, -0.05) is 12.2 Å². The summed E-state index contributed by atoms with van der Waals surface area (Å²) in [7, 11) is -5.17. The molecule has 2 unspecified atom stereocenters. The molecule has 3 aromatic heterocycles. The molecule has 0 spiro atoms. The standard InChI is InChI=1S/C19H21F2N7O11P2S/c20-10-7-3-35-41(33,42)39-13-8(37-17(11(13)21)27-2-1-9(29)26-19(27)30)4-34-40(31,32)38-14(10)18(36-7)28-6-25-12-15(22)23-5-24-16(12)28/h1-2,5-8,10-11,13-14,17-18H,3-4H2,(H,31,32)(H,33,42)(H2,22,23,24)(H,26,29,30)/t7-,8-,10-,11-,13-,14-,17-,18-,41?/m1/s1. The van der Waals surface area contributed by atoms with Gasteiger partial charge < -0.3 is 20.1 Å². The zero-order chi connectivity index (χ0) is 30.0. The van der Waals surface area contributed by atoms with Crippen molar-refractivity contribution in [1.29, 1.82) is 0 Å². The van der Waals surface area contributed by atoms with Crippen LogP contribution in [0, 0.1) is 0 Å². The molecule has 10 atom stereocenters. The minimum absolute atomic E-state index is 0.00271. The van der Waals surface area contributed by atoms with Crippen LogP contribution < -0.4 is 17.0 Å². The maximum atomic E-state index is 15.6. The van der Waals surface area contributed by atoms with Gasteiger partial charge in [0.05, 0.1) is 19.5 Å². The Bertz CT molecular complexity index is 1730. The van der Waals surface area contributed by atoms with Gasteiger partial charge in [0.2, 0.25) is 0 Å². The van der Waals surface area contributed by atoms with Gasteiger partial charge in [-0.05, 0) is 0 Å². The summed E-state index contributed by atoms with van der Waals surface area (Å²) < 4.78 is 91.0. The first-order chi connectivity index (χ1) is 19.8. The molecule has 3 saturated heterocycles. The first-order valence-electron chi connectivity index (χ1n) is 12.0. The third-order valence-corrected chi connectivity index (χ3v) is 9.23. The second-order valence-corrected chi connectivity index (χ2v) is 13.6. The average Bonchev–Trinajstić information content (AvgIpc) is 3.57. The summed E-state index contributed by atoms with van der Waals surface area (Å²) in [4.78, 5) is 48.0. The number of anilines is 1. The number of aromatic amines is 1. The number of fused-ring (bicyclic) bond motifs is 4. The zero-order valence-electron chi connectivity index (χ0n) is 20.8. The van der Waals surface area contributed by atoms with Gasteiger partial charge in [0.25, 0.3) is 5.56 Å². The molecule has 18 nitrogen and oxygen atoms in total. The average molecular weight is 655 g/mol. The summed E-state index contributed by atoms with van der Waals surface area (Å²) in [5.41, 5.74) is 4.20. The Morgan fingerprint density at radius 3 is 2.50 bits per heavy atom. The van der Waals surface area contributed by atoms with Gasteiger partial charge in [-0.25, -0.2) is 37.7 Å². The third-order valence-electron chi connectivity index (χ3n) is 6.63. The van der Waals surface area contributed by atoms with Gasteiger partial charge in [-0.2, -0.15) is 0 Å². The Morgan fingerprint density at radius 1 is 1.00 bits per heavy atom. The fourth-order valence-corrected chi connectivity index (χ4v) is 7.14. The Morgan fingerprint density at radius 2 is 1.74 bits per heavy atom. The highest BCUT2D eigenvalue weighted by molar-refractivity contribution is 8.44. The molecule has 2 bridgehead atoms. The Kier molecular flexibility index (Phi) is 7.62. The number of hydrogen-bond acceptors (Lipinski definition) is 14. The lowest BCUT2D eigenvalue weighted by Gasteiger charge is -2.25. The Hall–Kier alpha value is -2.58. The lowest BCUT2D eigenvalue weighted by molar-refractivity contribution is -0.0640. The smallest absolute Gasteiger partial charge is 0.382 e. The van der Waals surface area contributed by atoms with Crippen LogP contribution in [0.15, 0.2) is 34.5 Å². The number of thiol groups is 1. The number of rotatable bonds is 2. The number of alkyl halides is 2. The zero-order valence-corrected chi connectivity index (χ0v) is 23.5. The van der Waals surface area contributed by atoms with Gasteiger partial charge in [0, 0.05) is 12.3 Å². The molecular formula is C19H21F2N7O11P2S. The number of nitrogen functional groups attached to an aromatic ring is 1. The summed E-state index contributed by atoms with van der Waals surface area (Å²) in [6.07, 6.45) is -11.3. The third kappa shape index (κ3) is 5.45. The van der Waals surface area contributed by atoms with E-state index in [4.69, 9.17) is 33.3 Å². The summed E-state index contributed by atoms with van der Waals surface area (Å²) in [6.45, 7) is -6.24. The highest BCUT2D eigenvalue weighted by Gasteiger charge is 2.54. The van der Waals surface area contributed by atoms with E-state index in [2.05, 4.69) is 27.2 Å². The van der Waals surface area contributed by atoms with Crippen LogP contribution in [0.4, 0.5) is 14.6 Å². The van der Waals surface area contributed by atoms with E-state index in [-0.39, 0.29) is 17.0 Å². The highest BCUT2D eigenvalue weighted by atomic mass is 32.7. The topological polar surface area (TPSA) is 234 Å². The molecule has 3 aliphatic heterocycles. The summed E-state index contributed by atoms with van der Waals surface area (Å²) >= 11 is 3.85. The maximum Gasteiger partial charge on any atom is 0.472 e. The maximum absolute atomic E-state index is 15.6. The van der Waals surface area contributed by atoms with Crippen LogP contribution in [-0.2, 0) is 36.7 Å².